The van der Waals surface area contributed by atoms with Gasteiger partial charge >= 0.3 is 0 Å². The van der Waals surface area contributed by atoms with Crippen molar-refractivity contribution in [2.45, 2.75) is 89.3 Å². The zero-order valence-electron chi connectivity index (χ0n) is 20.1. The van der Waals surface area contributed by atoms with E-state index < -0.39 is 5.60 Å². The molecule has 8 atom stereocenters. The Morgan fingerprint density at radius 1 is 1.03 bits per heavy atom. The SMILES string of the molecule is C[C@]12CCC(OCCOCCN)CC1CC[C@@H]1[C@H]2CC[C@]2(C)C(c3ccoc3)CC[C@@]12O. The minimum Gasteiger partial charge on any atom is -0.472 e. The molecule has 3 N–H and O–H groups in total. The van der Waals surface area contributed by atoms with Crippen LogP contribution in [-0.2, 0) is 9.47 Å². The van der Waals surface area contributed by atoms with E-state index in [0.29, 0.717) is 61.6 Å². The van der Waals surface area contributed by atoms with Gasteiger partial charge in [-0.15, -0.1) is 0 Å². The van der Waals surface area contributed by atoms with E-state index in [1.54, 1.807) is 6.26 Å². The van der Waals surface area contributed by atoms with E-state index >= 15 is 0 Å². The third-order valence-corrected chi connectivity index (χ3v) is 10.6. The highest BCUT2D eigenvalue weighted by Crippen LogP contribution is 2.70. The van der Waals surface area contributed by atoms with Crippen LogP contribution in [0.25, 0.3) is 0 Å². The summed E-state index contributed by atoms with van der Waals surface area (Å²) < 4.78 is 17.1. The Balaban J connectivity index is 1.27. The molecule has 4 saturated carbocycles. The maximum absolute atomic E-state index is 12.3. The van der Waals surface area contributed by atoms with Gasteiger partial charge in [-0.2, -0.15) is 0 Å². The van der Waals surface area contributed by atoms with Crippen LogP contribution in [0.15, 0.2) is 23.0 Å². The molecule has 0 aliphatic heterocycles. The molecule has 4 aliphatic carbocycles. The number of fused-ring (bicyclic) bond motifs is 5. The minimum atomic E-state index is -0.542. The van der Waals surface area contributed by atoms with Gasteiger partial charge < -0.3 is 24.7 Å². The van der Waals surface area contributed by atoms with Crippen LogP contribution in [-0.4, -0.2) is 43.2 Å². The molecule has 5 rings (SSSR count). The van der Waals surface area contributed by atoms with Crippen LogP contribution in [0.5, 0.6) is 0 Å². The second-order valence-electron chi connectivity index (χ2n) is 11.7. The van der Waals surface area contributed by atoms with E-state index in [2.05, 4.69) is 19.9 Å². The summed E-state index contributed by atoms with van der Waals surface area (Å²) in [4.78, 5) is 0. The predicted octanol–water partition coefficient (Wildman–Crippen LogP) is 4.88. The summed E-state index contributed by atoms with van der Waals surface area (Å²) in [6.45, 7) is 7.42. The summed E-state index contributed by atoms with van der Waals surface area (Å²) in [5.74, 6) is 2.20. The second-order valence-corrected chi connectivity index (χ2v) is 11.7. The molecule has 180 valence electrons. The highest BCUT2D eigenvalue weighted by Gasteiger charge is 2.67. The average Bonchev–Trinajstić information content (AvgIpc) is 3.39. The number of hydrogen-bond donors (Lipinski definition) is 2. The molecule has 4 aliphatic rings. The Hall–Kier alpha value is -0.880. The summed E-state index contributed by atoms with van der Waals surface area (Å²) in [6, 6.07) is 2.12. The topological polar surface area (TPSA) is 77.9 Å². The molecule has 0 bridgehead atoms. The Kier molecular flexibility index (Phi) is 6.24. The fraction of sp³-hybridized carbons (Fsp3) is 0.852. The van der Waals surface area contributed by atoms with Crippen molar-refractivity contribution in [1.29, 1.82) is 0 Å². The maximum atomic E-state index is 12.3. The number of aliphatic hydroxyl groups is 1. The molecule has 32 heavy (non-hydrogen) atoms. The lowest BCUT2D eigenvalue weighted by atomic mass is 9.43. The average molecular weight is 446 g/mol. The van der Waals surface area contributed by atoms with Crippen LogP contribution in [0.3, 0.4) is 0 Å². The van der Waals surface area contributed by atoms with Gasteiger partial charge in [0.25, 0.3) is 0 Å². The van der Waals surface area contributed by atoms with Gasteiger partial charge in [0.05, 0.1) is 44.1 Å². The van der Waals surface area contributed by atoms with Gasteiger partial charge in [0, 0.05) is 12.0 Å². The molecule has 0 aromatic carbocycles. The first-order valence-electron chi connectivity index (χ1n) is 13.1. The van der Waals surface area contributed by atoms with Crippen molar-refractivity contribution in [3.63, 3.8) is 0 Å². The fourth-order valence-corrected chi connectivity index (χ4v) is 8.80. The summed E-state index contributed by atoms with van der Waals surface area (Å²) in [5.41, 5.74) is 6.53. The number of ether oxygens (including phenoxy) is 2. The molecule has 0 saturated heterocycles. The number of nitrogens with two attached hydrogens (primary N) is 1. The first-order chi connectivity index (χ1) is 15.4. The van der Waals surface area contributed by atoms with Crippen LogP contribution in [0.4, 0.5) is 0 Å². The number of rotatable bonds is 7. The Morgan fingerprint density at radius 3 is 2.69 bits per heavy atom. The van der Waals surface area contributed by atoms with Crippen molar-refractivity contribution in [2.24, 2.45) is 34.3 Å². The van der Waals surface area contributed by atoms with Crippen molar-refractivity contribution >= 4 is 0 Å². The van der Waals surface area contributed by atoms with E-state index in [-0.39, 0.29) is 5.41 Å². The molecule has 1 aromatic rings. The Bertz CT molecular complexity index is 768. The maximum Gasteiger partial charge on any atom is 0.0937 e. The number of furan rings is 1. The van der Waals surface area contributed by atoms with Crippen molar-refractivity contribution in [1.82, 2.24) is 0 Å². The first kappa shape index (κ1) is 22.9. The van der Waals surface area contributed by atoms with E-state index in [0.717, 1.165) is 25.7 Å². The van der Waals surface area contributed by atoms with E-state index in [4.69, 9.17) is 19.6 Å². The third kappa shape index (κ3) is 3.50. The van der Waals surface area contributed by atoms with Gasteiger partial charge in [0.15, 0.2) is 0 Å². The van der Waals surface area contributed by atoms with Gasteiger partial charge in [-0.3, -0.25) is 0 Å². The van der Waals surface area contributed by atoms with Crippen LogP contribution < -0.4 is 5.73 Å². The molecular formula is C27H43NO4. The standard InChI is InChI=1S/C27H43NO4/c1-25-9-5-21(32-16-15-30-14-12-28)17-20(25)3-4-24-23(25)6-10-26(2)22(7-11-27(24,26)29)19-8-13-31-18-19/h8,13,18,20-24,29H,3-7,9-12,14-17,28H2,1-2H3/t20?,21?,22?,23-,24-,25+,26-,27-/m1/s1. The molecular weight excluding hydrogens is 402 g/mol. The van der Waals surface area contributed by atoms with Crippen LogP contribution in [0.2, 0.25) is 0 Å². The highest BCUT2D eigenvalue weighted by atomic mass is 16.5. The molecule has 5 heteroatoms. The molecule has 5 nitrogen and oxygen atoms in total. The molecule has 0 spiro atoms. The zero-order valence-corrected chi connectivity index (χ0v) is 20.1. The quantitative estimate of drug-likeness (QED) is 0.585. The summed E-state index contributed by atoms with van der Waals surface area (Å²) in [5, 5.41) is 12.3. The van der Waals surface area contributed by atoms with Crippen molar-refractivity contribution in [3.05, 3.63) is 24.2 Å². The van der Waals surface area contributed by atoms with Gasteiger partial charge in [-0.25, -0.2) is 0 Å². The molecule has 0 amide bonds. The molecule has 4 fully saturated rings. The highest BCUT2D eigenvalue weighted by molar-refractivity contribution is 5.26. The third-order valence-electron chi connectivity index (χ3n) is 10.6. The first-order valence-corrected chi connectivity index (χ1v) is 13.1. The van der Waals surface area contributed by atoms with Crippen LogP contribution in [0.1, 0.15) is 83.1 Å². The lowest BCUT2D eigenvalue weighted by Crippen LogP contribution is -2.62. The van der Waals surface area contributed by atoms with E-state index in [9.17, 15) is 5.11 Å². The van der Waals surface area contributed by atoms with Crippen molar-refractivity contribution < 1.29 is 19.0 Å². The van der Waals surface area contributed by atoms with Gasteiger partial charge in [-0.1, -0.05) is 13.8 Å². The summed E-state index contributed by atoms with van der Waals surface area (Å²) in [6.07, 6.45) is 14.4. The predicted molar refractivity (Wildman–Crippen MR) is 124 cm³/mol. The lowest BCUT2D eigenvalue weighted by molar-refractivity contribution is -0.207. The second kappa shape index (κ2) is 8.72. The summed E-state index contributed by atoms with van der Waals surface area (Å²) in [7, 11) is 0. The van der Waals surface area contributed by atoms with Gasteiger partial charge in [-0.05, 0) is 98.5 Å². The summed E-state index contributed by atoms with van der Waals surface area (Å²) >= 11 is 0. The Labute approximate surface area is 193 Å². The Morgan fingerprint density at radius 2 is 1.91 bits per heavy atom. The fourth-order valence-electron chi connectivity index (χ4n) is 8.80. The largest absolute Gasteiger partial charge is 0.472 e. The van der Waals surface area contributed by atoms with Crippen LogP contribution in [0, 0.1) is 28.6 Å². The van der Waals surface area contributed by atoms with Crippen molar-refractivity contribution in [2.75, 3.05) is 26.4 Å². The van der Waals surface area contributed by atoms with Crippen LogP contribution >= 0.6 is 0 Å². The monoisotopic (exact) mass is 445 g/mol. The molecule has 1 heterocycles. The zero-order chi connectivity index (χ0) is 22.4. The van der Waals surface area contributed by atoms with Crippen molar-refractivity contribution in [3.8, 4) is 0 Å². The molecule has 3 unspecified atom stereocenters. The van der Waals surface area contributed by atoms with Gasteiger partial charge in [0.2, 0.25) is 0 Å². The molecule has 1 aromatic heterocycles. The van der Waals surface area contributed by atoms with E-state index in [1.165, 1.54) is 37.7 Å². The van der Waals surface area contributed by atoms with Gasteiger partial charge in [0.1, 0.15) is 0 Å². The minimum absolute atomic E-state index is 0.0366. The normalized spacial score (nSPS) is 45.8. The number of hydrogen-bond acceptors (Lipinski definition) is 5. The smallest absolute Gasteiger partial charge is 0.0937 e. The lowest BCUT2D eigenvalue weighted by Gasteiger charge is -2.63. The molecule has 0 radical (unpaired) electrons. The van der Waals surface area contributed by atoms with E-state index in [1.807, 2.05) is 6.26 Å².